The molecular weight excluding hydrogens is 238 g/mol. The number of ketones is 2. The second kappa shape index (κ2) is 4.35. The van der Waals surface area contributed by atoms with Crippen LogP contribution in [0.15, 0.2) is 42.5 Å². The first-order chi connectivity index (χ1) is 9.24. The minimum atomic E-state index is -0.0817. The fourth-order valence-electron chi connectivity index (χ4n) is 2.48. The molecule has 1 aliphatic rings. The number of anilines is 1. The fourth-order valence-corrected chi connectivity index (χ4v) is 2.48. The van der Waals surface area contributed by atoms with Crippen molar-refractivity contribution in [1.82, 2.24) is 0 Å². The Hall–Kier alpha value is -2.42. The molecule has 0 spiro atoms. The summed E-state index contributed by atoms with van der Waals surface area (Å²) in [5, 5.41) is 3.14. The van der Waals surface area contributed by atoms with E-state index in [1.54, 1.807) is 36.4 Å². The molecule has 1 N–H and O–H groups in total. The maximum absolute atomic E-state index is 12.6. The Morgan fingerprint density at radius 3 is 2.16 bits per heavy atom. The summed E-state index contributed by atoms with van der Waals surface area (Å²) in [4.78, 5) is 25.0. The zero-order valence-electron chi connectivity index (χ0n) is 10.6. The van der Waals surface area contributed by atoms with Gasteiger partial charge in [0.2, 0.25) is 0 Å². The number of carbonyl (C=O) groups excluding carboxylic acids is 2. The Morgan fingerprint density at radius 1 is 0.842 bits per heavy atom. The summed E-state index contributed by atoms with van der Waals surface area (Å²) in [6.07, 6.45) is 0. The van der Waals surface area contributed by atoms with Crippen molar-refractivity contribution in [2.45, 2.75) is 6.92 Å². The van der Waals surface area contributed by atoms with Gasteiger partial charge in [0.1, 0.15) is 0 Å². The van der Waals surface area contributed by atoms with E-state index in [4.69, 9.17) is 0 Å². The van der Waals surface area contributed by atoms with E-state index < -0.39 is 0 Å². The first-order valence-electron chi connectivity index (χ1n) is 6.29. The number of hydrogen-bond acceptors (Lipinski definition) is 3. The smallest absolute Gasteiger partial charge is 0.196 e. The van der Waals surface area contributed by atoms with Gasteiger partial charge in [-0.1, -0.05) is 36.4 Å². The van der Waals surface area contributed by atoms with Gasteiger partial charge < -0.3 is 5.32 Å². The number of benzene rings is 2. The van der Waals surface area contributed by atoms with Gasteiger partial charge >= 0.3 is 0 Å². The molecule has 19 heavy (non-hydrogen) atoms. The van der Waals surface area contributed by atoms with E-state index in [-0.39, 0.29) is 11.6 Å². The van der Waals surface area contributed by atoms with E-state index in [9.17, 15) is 9.59 Å². The SMILES string of the molecule is CCNc1cccc2c1C(=O)c1ccccc1C2=O. The molecule has 0 saturated heterocycles. The maximum atomic E-state index is 12.6. The lowest BCUT2D eigenvalue weighted by molar-refractivity contribution is 0.0979. The highest BCUT2D eigenvalue weighted by Crippen LogP contribution is 2.31. The van der Waals surface area contributed by atoms with Crippen LogP contribution in [0.5, 0.6) is 0 Å². The summed E-state index contributed by atoms with van der Waals surface area (Å²) in [7, 11) is 0. The third-order valence-electron chi connectivity index (χ3n) is 3.32. The Morgan fingerprint density at radius 2 is 1.47 bits per heavy atom. The summed E-state index contributed by atoms with van der Waals surface area (Å²) in [5.41, 5.74) is 2.70. The second-order valence-corrected chi connectivity index (χ2v) is 4.46. The first-order valence-corrected chi connectivity index (χ1v) is 6.29. The molecule has 0 heterocycles. The largest absolute Gasteiger partial charge is 0.385 e. The average molecular weight is 251 g/mol. The van der Waals surface area contributed by atoms with Crippen molar-refractivity contribution >= 4 is 17.3 Å². The molecule has 94 valence electrons. The lowest BCUT2D eigenvalue weighted by Gasteiger charge is -2.20. The fraction of sp³-hybridized carbons (Fsp3) is 0.125. The number of fused-ring (bicyclic) bond motifs is 2. The zero-order valence-corrected chi connectivity index (χ0v) is 10.6. The molecule has 2 aromatic carbocycles. The van der Waals surface area contributed by atoms with Crippen LogP contribution >= 0.6 is 0 Å². The first kappa shape index (κ1) is 11.7. The van der Waals surface area contributed by atoms with Crippen LogP contribution in [0, 0.1) is 0 Å². The van der Waals surface area contributed by atoms with Crippen LogP contribution in [0.2, 0.25) is 0 Å². The van der Waals surface area contributed by atoms with Gasteiger partial charge in [-0.05, 0) is 13.0 Å². The van der Waals surface area contributed by atoms with Crippen molar-refractivity contribution < 1.29 is 9.59 Å². The van der Waals surface area contributed by atoms with E-state index in [0.717, 1.165) is 5.69 Å². The highest BCUT2D eigenvalue weighted by Gasteiger charge is 2.30. The molecule has 0 fully saturated rings. The summed E-state index contributed by atoms with van der Waals surface area (Å²) >= 11 is 0. The van der Waals surface area contributed by atoms with E-state index in [2.05, 4.69) is 5.32 Å². The van der Waals surface area contributed by atoms with Crippen molar-refractivity contribution in [3.05, 3.63) is 64.7 Å². The minimum absolute atomic E-state index is 0.0787. The van der Waals surface area contributed by atoms with Crippen LogP contribution in [-0.4, -0.2) is 18.1 Å². The number of carbonyl (C=O) groups is 2. The summed E-state index contributed by atoms with van der Waals surface area (Å²) in [5.74, 6) is -0.160. The quantitative estimate of drug-likeness (QED) is 0.761. The lowest BCUT2D eigenvalue weighted by atomic mass is 9.83. The van der Waals surface area contributed by atoms with Crippen LogP contribution in [-0.2, 0) is 0 Å². The van der Waals surface area contributed by atoms with Gasteiger partial charge in [0.25, 0.3) is 0 Å². The van der Waals surface area contributed by atoms with Gasteiger partial charge in [-0.25, -0.2) is 0 Å². The molecule has 0 amide bonds. The standard InChI is InChI=1S/C16H13NO2/c1-2-17-13-9-5-8-12-14(13)16(19)11-7-4-3-6-10(11)15(12)18/h3-9,17H,2H2,1H3. The number of nitrogens with one attached hydrogen (secondary N) is 1. The van der Waals surface area contributed by atoms with E-state index in [1.165, 1.54) is 0 Å². The van der Waals surface area contributed by atoms with Crippen molar-refractivity contribution in [1.29, 1.82) is 0 Å². The van der Waals surface area contributed by atoms with Crippen LogP contribution in [0.4, 0.5) is 5.69 Å². The van der Waals surface area contributed by atoms with Crippen molar-refractivity contribution in [3.63, 3.8) is 0 Å². The van der Waals surface area contributed by atoms with Crippen LogP contribution in [0.25, 0.3) is 0 Å². The highest BCUT2D eigenvalue weighted by atomic mass is 16.1. The minimum Gasteiger partial charge on any atom is -0.385 e. The molecular formula is C16H13NO2. The molecule has 1 aliphatic carbocycles. The zero-order chi connectivity index (χ0) is 13.4. The predicted molar refractivity (Wildman–Crippen MR) is 73.9 cm³/mol. The van der Waals surface area contributed by atoms with E-state index >= 15 is 0 Å². The third-order valence-corrected chi connectivity index (χ3v) is 3.32. The van der Waals surface area contributed by atoms with Crippen molar-refractivity contribution in [2.24, 2.45) is 0 Å². The van der Waals surface area contributed by atoms with Crippen LogP contribution in [0.1, 0.15) is 38.8 Å². The molecule has 0 unspecified atom stereocenters. The molecule has 2 aromatic rings. The molecule has 3 rings (SSSR count). The predicted octanol–water partition coefficient (Wildman–Crippen LogP) is 2.89. The number of rotatable bonds is 2. The normalized spacial score (nSPS) is 12.9. The molecule has 0 bridgehead atoms. The molecule has 3 heteroatoms. The molecule has 0 aliphatic heterocycles. The van der Waals surface area contributed by atoms with Gasteiger partial charge in [0, 0.05) is 28.9 Å². The van der Waals surface area contributed by atoms with Crippen molar-refractivity contribution in [2.75, 3.05) is 11.9 Å². The molecule has 3 nitrogen and oxygen atoms in total. The molecule has 0 atom stereocenters. The maximum Gasteiger partial charge on any atom is 0.196 e. The van der Waals surface area contributed by atoms with E-state index in [1.807, 2.05) is 13.0 Å². The third kappa shape index (κ3) is 1.66. The highest BCUT2D eigenvalue weighted by molar-refractivity contribution is 6.30. The number of hydrogen-bond donors (Lipinski definition) is 1. The van der Waals surface area contributed by atoms with Gasteiger partial charge in [0.15, 0.2) is 11.6 Å². The molecule has 0 saturated carbocycles. The Labute approximate surface area is 111 Å². The Balaban J connectivity index is 2.27. The topological polar surface area (TPSA) is 46.2 Å². The Bertz CT molecular complexity index is 689. The average Bonchev–Trinajstić information content (AvgIpc) is 2.45. The molecule has 0 radical (unpaired) electrons. The lowest BCUT2D eigenvalue weighted by Crippen LogP contribution is -2.22. The monoisotopic (exact) mass is 251 g/mol. The summed E-state index contributed by atoms with van der Waals surface area (Å²) in [6, 6.07) is 12.3. The van der Waals surface area contributed by atoms with Crippen molar-refractivity contribution in [3.8, 4) is 0 Å². The molecule has 0 aromatic heterocycles. The van der Waals surface area contributed by atoms with Gasteiger partial charge in [-0.15, -0.1) is 0 Å². The van der Waals surface area contributed by atoms with Gasteiger partial charge in [0.05, 0.1) is 5.56 Å². The summed E-state index contributed by atoms with van der Waals surface area (Å²) in [6.45, 7) is 2.67. The van der Waals surface area contributed by atoms with Crippen LogP contribution in [0.3, 0.4) is 0 Å². The van der Waals surface area contributed by atoms with Gasteiger partial charge in [-0.2, -0.15) is 0 Å². The van der Waals surface area contributed by atoms with E-state index in [0.29, 0.717) is 28.8 Å². The Kier molecular flexibility index (Phi) is 2.67. The summed E-state index contributed by atoms with van der Waals surface area (Å²) < 4.78 is 0. The van der Waals surface area contributed by atoms with Crippen LogP contribution < -0.4 is 5.32 Å². The van der Waals surface area contributed by atoms with Gasteiger partial charge in [-0.3, -0.25) is 9.59 Å². The second-order valence-electron chi connectivity index (χ2n) is 4.46.